The van der Waals surface area contributed by atoms with Crippen molar-refractivity contribution in [3.8, 4) is 0 Å². The van der Waals surface area contributed by atoms with Crippen molar-refractivity contribution in [2.24, 2.45) is 0 Å². The molecular formula is C16H16ClFN2O3S. The van der Waals surface area contributed by atoms with Crippen LogP contribution in [0.25, 0.3) is 0 Å². The van der Waals surface area contributed by atoms with E-state index in [1.165, 1.54) is 12.1 Å². The summed E-state index contributed by atoms with van der Waals surface area (Å²) in [6.45, 7) is 2.70. The van der Waals surface area contributed by atoms with Gasteiger partial charge in [0.15, 0.2) is 0 Å². The first-order chi connectivity index (χ1) is 11.5. The molecule has 8 heteroatoms. The topological polar surface area (TPSA) is 58.6 Å². The molecule has 1 saturated heterocycles. The normalized spacial score (nSPS) is 15.3. The van der Waals surface area contributed by atoms with Crippen molar-refractivity contribution in [3.05, 3.63) is 53.3 Å². The van der Waals surface area contributed by atoms with Crippen molar-refractivity contribution in [3.63, 3.8) is 0 Å². The number of nitrogens with zero attached hydrogens (tertiary/aromatic N) is 1. The second kappa shape index (κ2) is 6.96. The van der Waals surface area contributed by atoms with Gasteiger partial charge in [-0.15, -0.1) is 0 Å². The van der Waals surface area contributed by atoms with Crippen molar-refractivity contribution in [1.82, 2.24) is 0 Å². The number of morpholine rings is 1. The predicted octanol–water partition coefficient (Wildman–Crippen LogP) is 3.12. The molecule has 0 radical (unpaired) electrons. The van der Waals surface area contributed by atoms with Gasteiger partial charge in [0.1, 0.15) is 5.82 Å². The summed E-state index contributed by atoms with van der Waals surface area (Å²) in [6, 6.07) is 9.78. The number of halogens is 2. The molecule has 1 aliphatic rings. The lowest BCUT2D eigenvalue weighted by Crippen LogP contribution is -2.36. The lowest BCUT2D eigenvalue weighted by atomic mass is 10.2. The molecule has 0 bridgehead atoms. The van der Waals surface area contributed by atoms with E-state index in [2.05, 4.69) is 9.62 Å². The lowest BCUT2D eigenvalue weighted by Gasteiger charge is -2.29. The number of hydrogen-bond acceptors (Lipinski definition) is 4. The molecule has 1 heterocycles. The third-order valence-electron chi connectivity index (χ3n) is 3.69. The number of rotatable bonds is 4. The van der Waals surface area contributed by atoms with E-state index >= 15 is 0 Å². The Kier molecular flexibility index (Phi) is 4.93. The number of benzene rings is 2. The van der Waals surface area contributed by atoms with Crippen LogP contribution in [0.5, 0.6) is 0 Å². The number of ether oxygens (including phenoxy) is 1. The molecule has 3 rings (SSSR count). The third kappa shape index (κ3) is 3.80. The van der Waals surface area contributed by atoms with Crippen LogP contribution >= 0.6 is 11.6 Å². The van der Waals surface area contributed by atoms with Crippen molar-refractivity contribution >= 4 is 33.0 Å². The highest BCUT2D eigenvalue weighted by molar-refractivity contribution is 7.92. The van der Waals surface area contributed by atoms with Gasteiger partial charge in [-0.2, -0.15) is 0 Å². The molecule has 24 heavy (non-hydrogen) atoms. The molecule has 1 aliphatic heterocycles. The second-order valence-corrected chi connectivity index (χ2v) is 7.41. The second-order valence-electron chi connectivity index (χ2n) is 5.32. The van der Waals surface area contributed by atoms with E-state index in [0.717, 1.165) is 30.9 Å². The largest absolute Gasteiger partial charge is 0.378 e. The minimum atomic E-state index is -3.84. The number of anilines is 2. The zero-order chi connectivity index (χ0) is 17.2. The van der Waals surface area contributed by atoms with Gasteiger partial charge in [0.2, 0.25) is 0 Å². The maximum absolute atomic E-state index is 13.0. The highest BCUT2D eigenvalue weighted by atomic mass is 35.5. The predicted molar refractivity (Wildman–Crippen MR) is 91.7 cm³/mol. The first-order valence-electron chi connectivity index (χ1n) is 7.36. The van der Waals surface area contributed by atoms with E-state index in [9.17, 15) is 12.8 Å². The average molecular weight is 371 g/mol. The monoisotopic (exact) mass is 370 g/mol. The first-order valence-corrected chi connectivity index (χ1v) is 9.22. The van der Waals surface area contributed by atoms with Gasteiger partial charge in [0.25, 0.3) is 10.0 Å². The summed E-state index contributed by atoms with van der Waals surface area (Å²) >= 11 is 6.12. The summed E-state index contributed by atoms with van der Waals surface area (Å²) in [5.74, 6) is -0.499. The Bertz CT molecular complexity index is 822. The maximum Gasteiger partial charge on any atom is 0.261 e. The van der Waals surface area contributed by atoms with Gasteiger partial charge in [0, 0.05) is 18.8 Å². The molecule has 0 atom stereocenters. The van der Waals surface area contributed by atoms with Crippen LogP contribution in [0.4, 0.5) is 15.8 Å². The van der Waals surface area contributed by atoms with Gasteiger partial charge in [0.05, 0.1) is 28.8 Å². The molecule has 0 aliphatic carbocycles. The van der Waals surface area contributed by atoms with E-state index in [4.69, 9.17) is 16.3 Å². The molecular weight excluding hydrogens is 355 g/mol. The molecule has 0 saturated carbocycles. The highest BCUT2D eigenvalue weighted by Gasteiger charge is 2.18. The Morgan fingerprint density at radius 3 is 2.42 bits per heavy atom. The Balaban J connectivity index is 1.87. The van der Waals surface area contributed by atoms with Crippen molar-refractivity contribution in [2.75, 3.05) is 35.9 Å². The Morgan fingerprint density at radius 2 is 1.75 bits per heavy atom. The summed E-state index contributed by atoms with van der Waals surface area (Å²) in [5, 5.41) is 0.290. The van der Waals surface area contributed by atoms with Crippen molar-refractivity contribution in [1.29, 1.82) is 0 Å². The van der Waals surface area contributed by atoms with Crippen molar-refractivity contribution < 1.29 is 17.5 Å². The fraction of sp³-hybridized carbons (Fsp3) is 0.250. The molecule has 0 unspecified atom stereocenters. The van der Waals surface area contributed by atoms with E-state index in [1.54, 1.807) is 12.1 Å². The van der Waals surface area contributed by atoms with Crippen LogP contribution in [0, 0.1) is 5.82 Å². The molecule has 0 spiro atoms. The van der Waals surface area contributed by atoms with Crippen LogP contribution < -0.4 is 9.62 Å². The summed E-state index contributed by atoms with van der Waals surface area (Å²) in [7, 11) is -3.84. The third-order valence-corrected chi connectivity index (χ3v) is 5.41. The summed E-state index contributed by atoms with van der Waals surface area (Å²) < 4.78 is 45.6. The Hall–Kier alpha value is -1.83. The Labute approximate surface area is 145 Å². The van der Waals surface area contributed by atoms with Gasteiger partial charge in [-0.25, -0.2) is 12.8 Å². The van der Waals surface area contributed by atoms with Crippen LogP contribution in [0.1, 0.15) is 0 Å². The molecule has 128 valence electrons. The quantitative estimate of drug-likeness (QED) is 0.898. The minimum Gasteiger partial charge on any atom is -0.378 e. The molecule has 1 fully saturated rings. The smallest absolute Gasteiger partial charge is 0.261 e. The van der Waals surface area contributed by atoms with Crippen LogP contribution in [0.15, 0.2) is 47.4 Å². The van der Waals surface area contributed by atoms with Crippen molar-refractivity contribution in [2.45, 2.75) is 4.90 Å². The summed E-state index contributed by atoms with van der Waals surface area (Å²) in [5.41, 5.74) is 1.14. The maximum atomic E-state index is 13.0. The molecule has 0 amide bonds. The standard InChI is InChI=1S/C16H16ClFN2O3S/c17-15-6-3-13(20-7-9-23-10-8-20)11-16(15)19-24(21,22)14-4-1-12(18)2-5-14/h1-6,11,19H,7-10H2. The zero-order valence-electron chi connectivity index (χ0n) is 12.7. The zero-order valence-corrected chi connectivity index (χ0v) is 14.3. The molecule has 1 N–H and O–H groups in total. The molecule has 0 aromatic heterocycles. The molecule has 5 nitrogen and oxygen atoms in total. The van der Waals surface area contributed by atoms with Crippen LogP contribution in [0.3, 0.4) is 0 Å². The van der Waals surface area contributed by atoms with E-state index in [1.807, 2.05) is 6.07 Å². The fourth-order valence-electron chi connectivity index (χ4n) is 2.43. The van der Waals surface area contributed by atoms with Gasteiger partial charge in [-0.3, -0.25) is 4.72 Å². The SMILES string of the molecule is O=S(=O)(Nc1cc(N2CCOCC2)ccc1Cl)c1ccc(F)cc1. The molecule has 2 aromatic carbocycles. The average Bonchev–Trinajstić information content (AvgIpc) is 2.58. The lowest BCUT2D eigenvalue weighted by molar-refractivity contribution is 0.122. The van der Waals surface area contributed by atoms with Crippen LogP contribution in [-0.2, 0) is 14.8 Å². The number of hydrogen-bond donors (Lipinski definition) is 1. The fourth-order valence-corrected chi connectivity index (χ4v) is 3.72. The van der Waals surface area contributed by atoms with Crippen LogP contribution in [0.2, 0.25) is 5.02 Å². The number of sulfonamides is 1. The summed E-state index contributed by atoms with van der Waals surface area (Å²) in [6.07, 6.45) is 0. The number of nitrogens with one attached hydrogen (secondary N) is 1. The highest BCUT2D eigenvalue weighted by Crippen LogP contribution is 2.30. The Morgan fingerprint density at radius 1 is 1.08 bits per heavy atom. The van der Waals surface area contributed by atoms with Crippen LogP contribution in [-0.4, -0.2) is 34.7 Å². The molecule has 2 aromatic rings. The summed E-state index contributed by atoms with van der Waals surface area (Å²) in [4.78, 5) is 2.06. The van der Waals surface area contributed by atoms with Gasteiger partial charge < -0.3 is 9.64 Å². The van der Waals surface area contributed by atoms with E-state index in [-0.39, 0.29) is 15.6 Å². The van der Waals surface area contributed by atoms with Gasteiger partial charge in [-0.05, 0) is 42.5 Å². The van der Waals surface area contributed by atoms with Gasteiger partial charge in [-0.1, -0.05) is 11.6 Å². The van der Waals surface area contributed by atoms with Gasteiger partial charge >= 0.3 is 0 Å². The van der Waals surface area contributed by atoms with E-state index < -0.39 is 15.8 Å². The minimum absolute atomic E-state index is 0.0308. The van der Waals surface area contributed by atoms with E-state index in [0.29, 0.717) is 13.2 Å². The first kappa shape index (κ1) is 17.0.